The summed E-state index contributed by atoms with van der Waals surface area (Å²) < 4.78 is 4.62. The van der Waals surface area contributed by atoms with Crippen LogP contribution in [0.2, 0.25) is 5.02 Å². The van der Waals surface area contributed by atoms with Gasteiger partial charge in [-0.25, -0.2) is 9.78 Å². The van der Waals surface area contributed by atoms with Crippen LogP contribution in [0.4, 0.5) is 20.6 Å². The number of anilines is 3. The first-order valence-corrected chi connectivity index (χ1v) is 10.9. The van der Waals surface area contributed by atoms with E-state index in [2.05, 4.69) is 20.4 Å². The van der Waals surface area contributed by atoms with Gasteiger partial charge in [-0.05, 0) is 24.3 Å². The number of thiazole rings is 1. The lowest BCUT2D eigenvalue weighted by Crippen LogP contribution is -2.28. The summed E-state index contributed by atoms with van der Waals surface area (Å²) in [5.41, 5.74) is 2.00. The first-order valence-electron chi connectivity index (χ1n) is 9.72. The van der Waals surface area contributed by atoms with Crippen molar-refractivity contribution in [2.75, 3.05) is 29.2 Å². The van der Waals surface area contributed by atoms with Gasteiger partial charge in [0.25, 0.3) is 0 Å². The second-order valence-electron chi connectivity index (χ2n) is 7.05. The van der Waals surface area contributed by atoms with Crippen LogP contribution in [0.15, 0.2) is 54.6 Å². The van der Waals surface area contributed by atoms with E-state index >= 15 is 0 Å². The molecule has 1 aliphatic rings. The van der Waals surface area contributed by atoms with Crippen LogP contribution >= 0.6 is 22.9 Å². The van der Waals surface area contributed by atoms with Crippen molar-refractivity contribution in [1.82, 2.24) is 4.98 Å². The number of rotatable bonds is 5. The fourth-order valence-corrected chi connectivity index (χ4v) is 4.36. The summed E-state index contributed by atoms with van der Waals surface area (Å²) in [7, 11) is 1.26. The SMILES string of the molecule is COC(=O)Nc1nc(-c2ccccc2)c(NC(=O)C2CC(=O)N(c3ccc(Cl)cc3)C2)s1. The normalized spacial score (nSPS) is 15.5. The number of halogens is 1. The van der Waals surface area contributed by atoms with Gasteiger partial charge < -0.3 is 15.0 Å². The molecule has 3 aromatic rings. The third kappa shape index (κ3) is 4.74. The van der Waals surface area contributed by atoms with Crippen LogP contribution < -0.4 is 15.5 Å². The maximum absolute atomic E-state index is 13.0. The molecular weight excluding hydrogens is 452 g/mol. The number of ether oxygens (including phenoxy) is 1. The Balaban J connectivity index is 1.54. The molecule has 0 radical (unpaired) electrons. The summed E-state index contributed by atoms with van der Waals surface area (Å²) in [6, 6.07) is 16.2. The largest absolute Gasteiger partial charge is 0.453 e. The number of nitrogens with zero attached hydrogens (tertiary/aromatic N) is 2. The molecule has 2 N–H and O–H groups in total. The molecule has 164 valence electrons. The lowest BCUT2D eigenvalue weighted by atomic mass is 10.1. The summed E-state index contributed by atoms with van der Waals surface area (Å²) in [6.07, 6.45) is -0.558. The molecule has 0 bridgehead atoms. The molecule has 32 heavy (non-hydrogen) atoms. The molecule has 1 saturated heterocycles. The fourth-order valence-electron chi connectivity index (χ4n) is 3.36. The van der Waals surface area contributed by atoms with Gasteiger partial charge in [0.05, 0.1) is 13.0 Å². The average Bonchev–Trinajstić information content (AvgIpc) is 3.38. The Labute approximate surface area is 193 Å². The van der Waals surface area contributed by atoms with E-state index in [1.165, 1.54) is 7.11 Å². The molecule has 1 fully saturated rings. The third-order valence-corrected chi connectivity index (χ3v) is 6.08. The summed E-state index contributed by atoms with van der Waals surface area (Å²) in [5, 5.41) is 6.76. The Morgan fingerprint density at radius 3 is 2.53 bits per heavy atom. The van der Waals surface area contributed by atoms with Crippen LogP contribution in [0.3, 0.4) is 0 Å². The first kappa shape index (κ1) is 21.8. The maximum atomic E-state index is 13.0. The quantitative estimate of drug-likeness (QED) is 0.566. The molecule has 4 rings (SSSR count). The van der Waals surface area contributed by atoms with Crippen molar-refractivity contribution in [2.24, 2.45) is 5.92 Å². The molecule has 2 heterocycles. The summed E-state index contributed by atoms with van der Waals surface area (Å²) in [6.45, 7) is 0.263. The van der Waals surface area contributed by atoms with E-state index in [4.69, 9.17) is 11.6 Å². The zero-order valence-corrected chi connectivity index (χ0v) is 18.6. The number of hydrogen-bond acceptors (Lipinski definition) is 6. The van der Waals surface area contributed by atoms with E-state index in [9.17, 15) is 14.4 Å². The van der Waals surface area contributed by atoms with Crippen molar-refractivity contribution in [3.05, 3.63) is 59.6 Å². The van der Waals surface area contributed by atoms with E-state index < -0.39 is 12.0 Å². The van der Waals surface area contributed by atoms with E-state index in [1.54, 1.807) is 29.2 Å². The number of aromatic nitrogens is 1. The van der Waals surface area contributed by atoms with Gasteiger partial charge in [0.2, 0.25) is 11.8 Å². The second kappa shape index (κ2) is 9.37. The van der Waals surface area contributed by atoms with Crippen LogP contribution in [0, 0.1) is 5.92 Å². The molecule has 1 aromatic heterocycles. The van der Waals surface area contributed by atoms with Gasteiger partial charge >= 0.3 is 6.09 Å². The molecule has 1 unspecified atom stereocenters. The molecule has 0 saturated carbocycles. The Bertz CT molecular complexity index is 1150. The number of nitrogens with one attached hydrogen (secondary N) is 2. The molecule has 1 aliphatic heterocycles. The number of benzene rings is 2. The van der Waals surface area contributed by atoms with Crippen molar-refractivity contribution >= 4 is 56.7 Å². The highest BCUT2D eigenvalue weighted by molar-refractivity contribution is 7.20. The van der Waals surface area contributed by atoms with Gasteiger partial charge in [0.15, 0.2) is 5.13 Å². The molecular formula is C22H19ClN4O4S. The number of methoxy groups -OCH3 is 1. The molecule has 1 atom stereocenters. The Hall–Kier alpha value is -3.43. The Kier molecular flexibility index (Phi) is 6.38. The highest BCUT2D eigenvalue weighted by atomic mass is 35.5. The minimum Gasteiger partial charge on any atom is -0.453 e. The predicted octanol–water partition coefficient (Wildman–Crippen LogP) is 4.63. The van der Waals surface area contributed by atoms with Gasteiger partial charge in [-0.1, -0.05) is 53.3 Å². The number of carbonyl (C=O) groups is 3. The second-order valence-corrected chi connectivity index (χ2v) is 8.49. The van der Waals surface area contributed by atoms with E-state index in [0.29, 0.717) is 21.4 Å². The molecule has 3 amide bonds. The number of hydrogen-bond donors (Lipinski definition) is 2. The smallest absolute Gasteiger partial charge is 0.413 e. The van der Waals surface area contributed by atoms with Gasteiger partial charge in [-0.3, -0.25) is 14.9 Å². The zero-order chi connectivity index (χ0) is 22.7. The zero-order valence-electron chi connectivity index (χ0n) is 17.0. The van der Waals surface area contributed by atoms with Crippen molar-refractivity contribution < 1.29 is 19.1 Å². The Morgan fingerprint density at radius 2 is 1.84 bits per heavy atom. The lowest BCUT2D eigenvalue weighted by molar-refractivity contribution is -0.122. The fraction of sp³-hybridized carbons (Fsp3) is 0.182. The predicted molar refractivity (Wildman–Crippen MR) is 124 cm³/mol. The standard InChI is InChI=1S/C22H19ClN4O4S/c1-31-22(30)26-21-24-18(13-5-3-2-4-6-13)20(32-21)25-19(29)14-11-17(28)27(12-14)16-9-7-15(23)8-10-16/h2-10,14H,11-12H2,1H3,(H,25,29)(H,24,26,30). The van der Waals surface area contributed by atoms with Gasteiger partial charge in [0.1, 0.15) is 10.7 Å². The molecule has 8 nitrogen and oxygen atoms in total. The third-order valence-electron chi connectivity index (χ3n) is 4.94. The monoisotopic (exact) mass is 470 g/mol. The lowest BCUT2D eigenvalue weighted by Gasteiger charge is -2.16. The number of amides is 3. The molecule has 0 spiro atoms. The number of carbonyl (C=O) groups excluding carboxylic acids is 3. The molecule has 10 heteroatoms. The summed E-state index contributed by atoms with van der Waals surface area (Å²) >= 11 is 7.04. The minimum absolute atomic E-state index is 0.0984. The van der Waals surface area contributed by atoms with Crippen molar-refractivity contribution in [1.29, 1.82) is 0 Å². The molecule has 2 aromatic carbocycles. The van der Waals surface area contributed by atoms with Crippen LogP contribution in [0.5, 0.6) is 0 Å². The van der Waals surface area contributed by atoms with Gasteiger partial charge in [0, 0.05) is 29.2 Å². The van der Waals surface area contributed by atoms with Crippen LogP contribution in [-0.4, -0.2) is 36.5 Å². The van der Waals surface area contributed by atoms with E-state index in [0.717, 1.165) is 16.9 Å². The summed E-state index contributed by atoms with van der Waals surface area (Å²) in [5.74, 6) is -0.950. The minimum atomic E-state index is -0.656. The van der Waals surface area contributed by atoms with Crippen LogP contribution in [-0.2, 0) is 14.3 Å². The van der Waals surface area contributed by atoms with Crippen LogP contribution in [0.1, 0.15) is 6.42 Å². The van der Waals surface area contributed by atoms with Crippen molar-refractivity contribution in [3.8, 4) is 11.3 Å². The topological polar surface area (TPSA) is 101 Å². The maximum Gasteiger partial charge on any atom is 0.413 e. The van der Waals surface area contributed by atoms with Gasteiger partial charge in [-0.15, -0.1) is 0 Å². The highest BCUT2D eigenvalue weighted by Crippen LogP contribution is 2.37. The van der Waals surface area contributed by atoms with E-state index in [-0.39, 0.29) is 29.9 Å². The highest BCUT2D eigenvalue weighted by Gasteiger charge is 2.35. The van der Waals surface area contributed by atoms with Crippen molar-refractivity contribution in [2.45, 2.75) is 6.42 Å². The van der Waals surface area contributed by atoms with Gasteiger partial charge in [-0.2, -0.15) is 0 Å². The Morgan fingerprint density at radius 1 is 1.12 bits per heavy atom. The van der Waals surface area contributed by atoms with Crippen LogP contribution in [0.25, 0.3) is 11.3 Å². The first-order chi connectivity index (χ1) is 15.4. The average molecular weight is 471 g/mol. The van der Waals surface area contributed by atoms with E-state index in [1.807, 2.05) is 30.3 Å². The molecule has 0 aliphatic carbocycles. The summed E-state index contributed by atoms with van der Waals surface area (Å²) in [4.78, 5) is 43.1. The van der Waals surface area contributed by atoms with Crippen molar-refractivity contribution in [3.63, 3.8) is 0 Å².